The fourth-order valence-electron chi connectivity index (χ4n) is 4.19. The molecule has 0 saturated heterocycles. The lowest BCUT2D eigenvalue weighted by molar-refractivity contribution is -0.137. The summed E-state index contributed by atoms with van der Waals surface area (Å²) in [6, 6.07) is 12.1. The van der Waals surface area contributed by atoms with Crippen molar-refractivity contribution in [2.45, 2.75) is 25.4 Å². The topological polar surface area (TPSA) is 94.8 Å². The van der Waals surface area contributed by atoms with Crippen molar-refractivity contribution in [3.8, 4) is 23.0 Å². The molecule has 1 atom stereocenters. The van der Waals surface area contributed by atoms with Gasteiger partial charge in [0.15, 0.2) is 0 Å². The number of hydrogen-bond donors (Lipinski definition) is 1. The number of aromatic nitrogens is 5. The lowest BCUT2D eigenvalue weighted by atomic mass is 9.85. The number of nitrogens with one attached hydrogen (secondary N) is 1. The van der Waals surface area contributed by atoms with E-state index in [2.05, 4.69) is 25.6 Å². The van der Waals surface area contributed by atoms with E-state index >= 15 is 0 Å². The number of hydrogen-bond acceptors (Lipinski definition) is 6. The molecule has 0 saturated carbocycles. The van der Waals surface area contributed by atoms with E-state index in [0.29, 0.717) is 34.1 Å². The monoisotopic (exact) mass is 480 g/mol. The largest absolute Gasteiger partial charge is 0.497 e. The number of amides is 1. The van der Waals surface area contributed by atoms with Crippen LogP contribution in [0.15, 0.2) is 54.7 Å². The molecule has 1 aliphatic rings. The molecule has 4 aromatic rings. The molecule has 2 aromatic carbocycles. The highest BCUT2D eigenvalue weighted by molar-refractivity contribution is 5.95. The van der Waals surface area contributed by atoms with Gasteiger partial charge in [-0.3, -0.25) is 4.79 Å². The van der Waals surface area contributed by atoms with E-state index in [0.717, 1.165) is 17.7 Å². The Labute approximate surface area is 197 Å². The van der Waals surface area contributed by atoms with Crippen molar-refractivity contribution in [1.82, 2.24) is 25.0 Å². The van der Waals surface area contributed by atoms with Gasteiger partial charge in [0.1, 0.15) is 11.6 Å². The Morgan fingerprint density at radius 3 is 2.63 bits per heavy atom. The highest BCUT2D eigenvalue weighted by atomic mass is 19.4. The highest BCUT2D eigenvalue weighted by Crippen LogP contribution is 2.40. The summed E-state index contributed by atoms with van der Waals surface area (Å²) in [4.78, 5) is 17.2. The molecule has 1 N–H and O–H groups in total. The number of aryl methyl sites for hydroxylation is 1. The Kier molecular flexibility index (Phi) is 5.46. The highest BCUT2D eigenvalue weighted by Gasteiger charge is 2.35. The molecule has 0 spiro atoms. The fraction of sp³-hybridized carbons (Fsp3) is 0.208. The van der Waals surface area contributed by atoms with Gasteiger partial charge < -0.3 is 10.1 Å². The first-order chi connectivity index (χ1) is 16.7. The van der Waals surface area contributed by atoms with Crippen molar-refractivity contribution >= 4 is 11.7 Å². The van der Waals surface area contributed by atoms with Crippen molar-refractivity contribution < 1.29 is 22.7 Å². The van der Waals surface area contributed by atoms with Gasteiger partial charge in [-0.05, 0) is 36.8 Å². The van der Waals surface area contributed by atoms with Crippen LogP contribution in [-0.2, 0) is 11.0 Å². The van der Waals surface area contributed by atoms with Crippen LogP contribution in [0.3, 0.4) is 0 Å². The van der Waals surface area contributed by atoms with Crippen molar-refractivity contribution in [2.24, 2.45) is 0 Å². The van der Waals surface area contributed by atoms with Crippen LogP contribution >= 0.6 is 0 Å². The molecule has 0 fully saturated rings. The fourth-order valence-corrected chi connectivity index (χ4v) is 4.19. The number of benzene rings is 2. The molecule has 3 heterocycles. The maximum atomic E-state index is 13.0. The van der Waals surface area contributed by atoms with Gasteiger partial charge in [-0.25, -0.2) is 4.98 Å². The third-order valence-electron chi connectivity index (χ3n) is 5.85. The lowest BCUT2D eigenvalue weighted by Gasteiger charge is -2.24. The molecular formula is C24H19F3N6O2. The number of anilines is 1. The third kappa shape index (κ3) is 4.20. The third-order valence-corrected chi connectivity index (χ3v) is 5.85. The van der Waals surface area contributed by atoms with Crippen LogP contribution in [0.25, 0.3) is 17.2 Å². The standard InChI is InChI=1S/C24H19F3N6O2/c1-13-21-18(14-6-8-16(9-7-14)24(25,26)27)11-20(34)30-22(21)33(32-13)23-29-19(12-28-31-23)15-4-3-5-17(10-15)35-2/h3-10,12,18H,11H2,1-2H3,(H,30,34). The minimum Gasteiger partial charge on any atom is -0.497 e. The zero-order valence-corrected chi connectivity index (χ0v) is 18.7. The maximum absolute atomic E-state index is 13.0. The van der Waals surface area contributed by atoms with Gasteiger partial charge in [-0.1, -0.05) is 24.3 Å². The summed E-state index contributed by atoms with van der Waals surface area (Å²) in [5.74, 6) is 0.405. The van der Waals surface area contributed by atoms with Crippen LogP contribution < -0.4 is 10.1 Å². The number of rotatable bonds is 4. The summed E-state index contributed by atoms with van der Waals surface area (Å²) < 4.78 is 45.7. The Balaban J connectivity index is 1.56. The number of ether oxygens (including phenoxy) is 1. The van der Waals surface area contributed by atoms with Crippen LogP contribution in [0.1, 0.15) is 34.7 Å². The summed E-state index contributed by atoms with van der Waals surface area (Å²) in [5.41, 5.74) is 2.41. The Bertz CT molecular complexity index is 1420. The minimum absolute atomic E-state index is 0.0772. The average Bonchev–Trinajstić information content (AvgIpc) is 3.19. The second-order valence-corrected chi connectivity index (χ2v) is 8.06. The molecule has 0 aliphatic carbocycles. The molecular weight excluding hydrogens is 461 g/mol. The second-order valence-electron chi connectivity index (χ2n) is 8.06. The Morgan fingerprint density at radius 1 is 1.14 bits per heavy atom. The minimum atomic E-state index is -4.44. The second kappa shape index (κ2) is 8.49. The lowest BCUT2D eigenvalue weighted by Crippen LogP contribution is -2.25. The van der Waals surface area contributed by atoms with Gasteiger partial charge in [-0.15, -0.1) is 5.10 Å². The number of carbonyl (C=O) groups excluding carboxylic acids is 1. The molecule has 2 aromatic heterocycles. The summed E-state index contributed by atoms with van der Waals surface area (Å²) in [6.45, 7) is 1.77. The van der Waals surface area contributed by atoms with E-state index in [4.69, 9.17) is 4.74 Å². The van der Waals surface area contributed by atoms with Gasteiger partial charge in [0.2, 0.25) is 5.91 Å². The summed E-state index contributed by atoms with van der Waals surface area (Å²) in [5, 5.41) is 15.5. The van der Waals surface area contributed by atoms with Crippen molar-refractivity contribution in [1.29, 1.82) is 0 Å². The van der Waals surface area contributed by atoms with Gasteiger partial charge >= 0.3 is 6.18 Å². The number of alkyl halides is 3. The molecule has 1 unspecified atom stereocenters. The van der Waals surface area contributed by atoms with Gasteiger partial charge in [-0.2, -0.15) is 28.1 Å². The predicted molar refractivity (Wildman–Crippen MR) is 120 cm³/mol. The number of methoxy groups -OCH3 is 1. The molecule has 1 amide bonds. The van der Waals surface area contributed by atoms with Crippen LogP contribution in [-0.4, -0.2) is 38.0 Å². The van der Waals surface area contributed by atoms with Crippen LogP contribution in [0.4, 0.5) is 19.0 Å². The SMILES string of the molecule is COc1cccc(-c2cnnc(-n3nc(C)c4c3NC(=O)CC4c3ccc(C(F)(F)F)cc3)n2)c1. The molecule has 11 heteroatoms. The van der Waals surface area contributed by atoms with Crippen LogP contribution in [0, 0.1) is 6.92 Å². The average molecular weight is 480 g/mol. The van der Waals surface area contributed by atoms with E-state index in [1.165, 1.54) is 23.0 Å². The van der Waals surface area contributed by atoms with Crippen molar-refractivity contribution in [2.75, 3.05) is 12.4 Å². The molecule has 0 bridgehead atoms. The van der Waals surface area contributed by atoms with Gasteiger partial charge in [0.25, 0.3) is 5.95 Å². The Hall–Kier alpha value is -4.28. The first-order valence-corrected chi connectivity index (χ1v) is 10.7. The predicted octanol–water partition coefficient (Wildman–Crippen LogP) is 4.53. The van der Waals surface area contributed by atoms with E-state index in [1.807, 2.05) is 18.2 Å². The smallest absolute Gasteiger partial charge is 0.416 e. The zero-order valence-electron chi connectivity index (χ0n) is 18.7. The molecule has 178 valence electrons. The Morgan fingerprint density at radius 2 is 1.91 bits per heavy atom. The van der Waals surface area contributed by atoms with E-state index in [-0.39, 0.29) is 18.3 Å². The van der Waals surface area contributed by atoms with E-state index < -0.39 is 17.7 Å². The van der Waals surface area contributed by atoms with Crippen LogP contribution in [0.2, 0.25) is 0 Å². The van der Waals surface area contributed by atoms with Crippen LogP contribution in [0.5, 0.6) is 5.75 Å². The quantitative estimate of drug-likeness (QED) is 0.461. The van der Waals surface area contributed by atoms with E-state index in [1.54, 1.807) is 20.1 Å². The van der Waals surface area contributed by atoms with E-state index in [9.17, 15) is 18.0 Å². The summed E-state index contributed by atoms with van der Waals surface area (Å²) in [6.07, 6.45) is -2.86. The molecule has 5 rings (SSSR count). The van der Waals surface area contributed by atoms with Gasteiger partial charge in [0.05, 0.1) is 30.3 Å². The molecule has 0 radical (unpaired) electrons. The van der Waals surface area contributed by atoms with Gasteiger partial charge in [0, 0.05) is 23.5 Å². The number of halogens is 3. The molecule has 1 aliphatic heterocycles. The summed E-state index contributed by atoms with van der Waals surface area (Å²) >= 11 is 0. The number of fused-ring (bicyclic) bond motifs is 1. The van der Waals surface area contributed by atoms with Crippen molar-refractivity contribution in [3.63, 3.8) is 0 Å². The zero-order chi connectivity index (χ0) is 24.7. The van der Waals surface area contributed by atoms with Crippen molar-refractivity contribution in [3.05, 3.63) is 77.1 Å². The normalized spacial score (nSPS) is 15.5. The number of carbonyl (C=O) groups is 1. The molecule has 8 nitrogen and oxygen atoms in total. The summed E-state index contributed by atoms with van der Waals surface area (Å²) in [7, 11) is 1.57. The maximum Gasteiger partial charge on any atom is 0.416 e. The number of nitrogens with zero attached hydrogens (tertiary/aromatic N) is 5. The molecule has 35 heavy (non-hydrogen) atoms. The first-order valence-electron chi connectivity index (χ1n) is 10.7. The first kappa shape index (κ1) is 22.5.